The van der Waals surface area contributed by atoms with Crippen LogP contribution in [-0.2, 0) is 0 Å². The van der Waals surface area contributed by atoms with Crippen LogP contribution in [0.5, 0.6) is 0 Å². The number of rotatable bonds is 5. The van der Waals surface area contributed by atoms with Gasteiger partial charge in [0.05, 0.1) is 0 Å². The molecule has 2 rings (SSSR count). The predicted octanol–water partition coefficient (Wildman–Crippen LogP) is 9.49. The van der Waals surface area contributed by atoms with Gasteiger partial charge in [0.15, 0.2) is 0 Å². The van der Waals surface area contributed by atoms with Crippen LogP contribution in [0, 0.1) is 0 Å². The molecule has 0 aliphatic carbocycles. The van der Waals surface area contributed by atoms with Gasteiger partial charge in [-0.25, -0.2) is 0 Å². The summed E-state index contributed by atoms with van der Waals surface area (Å²) in [6.45, 7) is 2.05. The van der Waals surface area contributed by atoms with Crippen LogP contribution in [0.3, 0.4) is 0 Å². The van der Waals surface area contributed by atoms with Crippen LogP contribution in [0.15, 0.2) is 76.5 Å². The van der Waals surface area contributed by atoms with Gasteiger partial charge in [0, 0.05) is 29.1 Å². The molecule has 0 atom stereocenters. The minimum Gasteiger partial charge on any atom is -0.0883 e. The molecule has 2 aromatic rings. The molecule has 6 heteroatoms. The van der Waals surface area contributed by atoms with Crippen LogP contribution in [0.4, 0.5) is 0 Å². The van der Waals surface area contributed by atoms with E-state index in [2.05, 4.69) is 144 Å². The second kappa shape index (κ2) is 10.4. The van der Waals surface area contributed by atoms with Crippen molar-refractivity contribution in [3.8, 4) is 0 Å². The van der Waals surface area contributed by atoms with Crippen molar-refractivity contribution in [2.75, 3.05) is 5.33 Å². The van der Waals surface area contributed by atoms with Gasteiger partial charge in [0.2, 0.25) is 0 Å². The maximum atomic E-state index is 3.62. The second-order valence-corrected chi connectivity index (χ2v) is 11.0. The zero-order chi connectivity index (χ0) is 18.6. The standard InChI is InChI=1S/C19H14Br6/c1-11(21)4-12(2-3-20)19(13-5-15(22)9-16(23)6-13)14-7-17(24)10-18(25)8-14/h2,4-10,19H,3H2,1H3/b11-4+,12-2+. The van der Waals surface area contributed by atoms with Gasteiger partial charge >= 0.3 is 0 Å². The average Bonchev–Trinajstić information content (AvgIpc) is 2.44. The Kier molecular flexibility index (Phi) is 9.17. The van der Waals surface area contributed by atoms with Gasteiger partial charge in [0.1, 0.15) is 0 Å². The minimum atomic E-state index is 0.104. The number of hydrogen-bond donors (Lipinski definition) is 0. The van der Waals surface area contributed by atoms with E-state index in [0.29, 0.717) is 0 Å². The first-order valence-electron chi connectivity index (χ1n) is 7.32. The molecule has 0 nitrogen and oxygen atoms in total. The molecule has 25 heavy (non-hydrogen) atoms. The minimum absolute atomic E-state index is 0.104. The topological polar surface area (TPSA) is 0 Å². The molecule has 0 N–H and O–H groups in total. The summed E-state index contributed by atoms with van der Waals surface area (Å²) in [5.74, 6) is 0.104. The maximum Gasteiger partial charge on any atom is 0.0339 e. The van der Waals surface area contributed by atoms with Crippen molar-refractivity contribution >= 4 is 95.6 Å². The molecule has 0 heterocycles. The summed E-state index contributed by atoms with van der Waals surface area (Å²) in [7, 11) is 0. The summed E-state index contributed by atoms with van der Waals surface area (Å²) in [5.41, 5.74) is 3.65. The number of alkyl halides is 1. The zero-order valence-corrected chi connectivity index (χ0v) is 22.7. The summed E-state index contributed by atoms with van der Waals surface area (Å²) >= 11 is 21.6. The summed E-state index contributed by atoms with van der Waals surface area (Å²) in [6.07, 6.45) is 4.38. The predicted molar refractivity (Wildman–Crippen MR) is 130 cm³/mol. The largest absolute Gasteiger partial charge is 0.0883 e. The third kappa shape index (κ3) is 6.72. The van der Waals surface area contributed by atoms with Crippen molar-refractivity contribution in [1.29, 1.82) is 0 Å². The van der Waals surface area contributed by atoms with Crippen molar-refractivity contribution in [2.24, 2.45) is 0 Å². The summed E-state index contributed by atoms with van der Waals surface area (Å²) in [5, 5.41) is 0.792. The van der Waals surface area contributed by atoms with Crippen LogP contribution in [-0.4, -0.2) is 5.33 Å². The molecule has 0 aromatic heterocycles. The van der Waals surface area contributed by atoms with Gasteiger partial charge in [-0.15, -0.1) is 0 Å². The lowest BCUT2D eigenvalue weighted by Crippen LogP contribution is -2.05. The Labute approximate surface area is 199 Å². The third-order valence-electron chi connectivity index (χ3n) is 3.45. The average molecular weight is 722 g/mol. The Balaban J connectivity index is 2.73. The smallest absolute Gasteiger partial charge is 0.0339 e. The molecule has 0 saturated carbocycles. The maximum absolute atomic E-state index is 3.62. The highest BCUT2D eigenvalue weighted by molar-refractivity contribution is 9.12. The summed E-state index contributed by atoms with van der Waals surface area (Å²) < 4.78 is 5.29. The first kappa shape index (κ1) is 22.1. The lowest BCUT2D eigenvalue weighted by Gasteiger charge is -2.22. The van der Waals surface area contributed by atoms with E-state index in [-0.39, 0.29) is 5.92 Å². The highest BCUT2D eigenvalue weighted by atomic mass is 79.9. The van der Waals surface area contributed by atoms with Crippen molar-refractivity contribution < 1.29 is 0 Å². The monoisotopic (exact) mass is 716 g/mol. The number of benzene rings is 2. The van der Waals surface area contributed by atoms with Gasteiger partial charge in [-0.2, -0.15) is 0 Å². The fraction of sp³-hybridized carbons (Fsp3) is 0.158. The summed E-state index contributed by atoms with van der Waals surface area (Å²) in [4.78, 5) is 0. The van der Waals surface area contributed by atoms with Crippen molar-refractivity contribution in [1.82, 2.24) is 0 Å². The van der Waals surface area contributed by atoms with Crippen LogP contribution in [0.2, 0.25) is 0 Å². The Hall–Kier alpha value is 0.800. The van der Waals surface area contributed by atoms with E-state index in [9.17, 15) is 0 Å². The van der Waals surface area contributed by atoms with E-state index in [1.165, 1.54) is 16.7 Å². The lowest BCUT2D eigenvalue weighted by molar-refractivity contribution is 0.967. The first-order chi connectivity index (χ1) is 11.8. The Morgan fingerprint density at radius 2 is 1.24 bits per heavy atom. The number of allylic oxidation sites excluding steroid dienone is 4. The van der Waals surface area contributed by atoms with E-state index < -0.39 is 0 Å². The molecule has 0 fully saturated rings. The molecular weight excluding hydrogens is 708 g/mol. The van der Waals surface area contributed by atoms with E-state index in [1.54, 1.807) is 0 Å². The number of hydrogen-bond acceptors (Lipinski definition) is 0. The van der Waals surface area contributed by atoms with Crippen molar-refractivity contribution in [3.05, 3.63) is 87.6 Å². The normalized spacial score (nSPS) is 12.8. The molecule has 0 unspecified atom stereocenters. The highest BCUT2D eigenvalue weighted by Gasteiger charge is 2.20. The van der Waals surface area contributed by atoms with Crippen LogP contribution < -0.4 is 0 Å². The van der Waals surface area contributed by atoms with Gasteiger partial charge in [-0.05, 0) is 70.6 Å². The Bertz CT molecular complexity index is 727. The van der Waals surface area contributed by atoms with Crippen LogP contribution in [0.1, 0.15) is 24.0 Å². The molecule has 132 valence electrons. The van der Waals surface area contributed by atoms with Gasteiger partial charge in [-0.1, -0.05) is 102 Å². The first-order valence-corrected chi connectivity index (χ1v) is 12.4. The fourth-order valence-electron chi connectivity index (χ4n) is 2.64. The Morgan fingerprint density at radius 1 is 0.840 bits per heavy atom. The molecule has 0 bridgehead atoms. The van der Waals surface area contributed by atoms with Gasteiger partial charge < -0.3 is 0 Å². The second-order valence-electron chi connectivity index (χ2n) is 5.43. The molecule has 0 radical (unpaired) electrons. The molecule has 0 aliphatic heterocycles. The van der Waals surface area contributed by atoms with Gasteiger partial charge in [-0.3, -0.25) is 0 Å². The Morgan fingerprint density at radius 3 is 1.56 bits per heavy atom. The zero-order valence-electron chi connectivity index (χ0n) is 13.2. The quantitative estimate of drug-likeness (QED) is 0.213. The molecule has 0 aliphatic rings. The summed E-state index contributed by atoms with van der Waals surface area (Å²) in [6, 6.07) is 12.8. The fourth-order valence-corrected chi connectivity index (χ4v) is 5.94. The van der Waals surface area contributed by atoms with E-state index in [1.807, 2.05) is 6.92 Å². The van der Waals surface area contributed by atoms with Gasteiger partial charge in [0.25, 0.3) is 0 Å². The molecule has 0 spiro atoms. The van der Waals surface area contributed by atoms with Crippen molar-refractivity contribution in [2.45, 2.75) is 12.8 Å². The molecule has 0 saturated heterocycles. The molecular formula is C19H14Br6. The van der Waals surface area contributed by atoms with Crippen LogP contribution in [0.25, 0.3) is 0 Å². The highest BCUT2D eigenvalue weighted by Crippen LogP contribution is 2.38. The van der Waals surface area contributed by atoms with E-state index in [0.717, 1.165) is 27.7 Å². The van der Waals surface area contributed by atoms with E-state index >= 15 is 0 Å². The number of halogens is 6. The third-order valence-corrected chi connectivity index (χ3v) is 5.83. The molecule has 2 aromatic carbocycles. The van der Waals surface area contributed by atoms with Crippen molar-refractivity contribution in [3.63, 3.8) is 0 Å². The van der Waals surface area contributed by atoms with E-state index in [4.69, 9.17) is 0 Å². The molecule has 0 amide bonds. The SMILES string of the molecule is C/C(Br)=C\C(=C/CBr)C(c1cc(Br)cc(Br)c1)c1cc(Br)cc(Br)c1. The van der Waals surface area contributed by atoms with Crippen LogP contribution >= 0.6 is 95.6 Å². The lowest BCUT2D eigenvalue weighted by atomic mass is 9.84.